The van der Waals surface area contributed by atoms with Crippen molar-refractivity contribution in [1.82, 2.24) is 24.1 Å². The molecule has 38 heavy (non-hydrogen) atoms. The number of aromatic nitrogens is 4. The summed E-state index contributed by atoms with van der Waals surface area (Å²) in [7, 11) is 0. The van der Waals surface area contributed by atoms with E-state index in [0.717, 1.165) is 16.7 Å². The Kier molecular flexibility index (Phi) is 7.80. The Morgan fingerprint density at radius 1 is 1.05 bits per heavy atom. The summed E-state index contributed by atoms with van der Waals surface area (Å²) >= 11 is 0. The quantitative estimate of drug-likeness (QED) is 0.352. The number of nitrogens with zero attached hydrogens (tertiary/aromatic N) is 4. The van der Waals surface area contributed by atoms with Gasteiger partial charge in [0.05, 0.1) is 10.9 Å². The number of fused-ring (bicyclic) bond motifs is 3. The van der Waals surface area contributed by atoms with Crippen LogP contribution in [0.2, 0.25) is 0 Å². The maximum Gasteiger partial charge on any atom is 0.352 e. The summed E-state index contributed by atoms with van der Waals surface area (Å²) < 4.78 is 3.84. The zero-order valence-corrected chi connectivity index (χ0v) is 22.4. The van der Waals surface area contributed by atoms with Gasteiger partial charge in [0.15, 0.2) is 0 Å². The molecule has 0 fully saturated rings. The van der Waals surface area contributed by atoms with Crippen molar-refractivity contribution in [2.75, 3.05) is 5.32 Å². The lowest BCUT2D eigenvalue weighted by Crippen LogP contribution is -2.32. The van der Waals surface area contributed by atoms with Gasteiger partial charge in [-0.15, -0.1) is 5.10 Å². The third-order valence-electron chi connectivity index (χ3n) is 6.67. The highest BCUT2D eigenvalue weighted by Gasteiger charge is 2.20. The molecule has 0 saturated heterocycles. The first-order valence-electron chi connectivity index (χ1n) is 12.9. The van der Waals surface area contributed by atoms with Crippen LogP contribution < -0.4 is 21.9 Å². The molecule has 0 saturated carbocycles. The van der Waals surface area contributed by atoms with Gasteiger partial charge < -0.3 is 10.6 Å². The average Bonchev–Trinajstić information content (AvgIpc) is 3.20. The Morgan fingerprint density at radius 2 is 1.79 bits per heavy atom. The van der Waals surface area contributed by atoms with E-state index in [4.69, 9.17) is 0 Å². The summed E-state index contributed by atoms with van der Waals surface area (Å²) in [5.74, 6) is -0.260. The highest BCUT2D eigenvalue weighted by molar-refractivity contribution is 5.98. The highest BCUT2D eigenvalue weighted by atomic mass is 16.2. The molecule has 0 bridgehead atoms. The molecule has 4 rings (SSSR count). The van der Waals surface area contributed by atoms with E-state index >= 15 is 0 Å². The van der Waals surface area contributed by atoms with Crippen molar-refractivity contribution in [3.8, 4) is 0 Å². The fourth-order valence-electron chi connectivity index (χ4n) is 4.20. The van der Waals surface area contributed by atoms with Crippen molar-refractivity contribution in [1.29, 1.82) is 0 Å². The number of rotatable bonds is 9. The number of aryl methyl sites for hydroxylation is 2. The fourth-order valence-corrected chi connectivity index (χ4v) is 4.20. The minimum atomic E-state index is -0.567. The minimum Gasteiger partial charge on any atom is -0.350 e. The monoisotopic (exact) mass is 518 g/mol. The van der Waals surface area contributed by atoms with Gasteiger partial charge in [-0.2, -0.15) is 0 Å². The number of hydrogen-bond donors (Lipinski definition) is 2. The van der Waals surface area contributed by atoms with Gasteiger partial charge in [0, 0.05) is 23.8 Å². The molecule has 200 valence electrons. The van der Waals surface area contributed by atoms with E-state index in [-0.39, 0.29) is 35.3 Å². The summed E-state index contributed by atoms with van der Waals surface area (Å²) in [5, 5.41) is 10.4. The van der Waals surface area contributed by atoms with Crippen LogP contribution >= 0.6 is 0 Å². The number of benzene rings is 2. The second-order valence-electron chi connectivity index (χ2n) is 10.1. The van der Waals surface area contributed by atoms with Crippen molar-refractivity contribution in [3.63, 3.8) is 0 Å². The number of hydrogen-bond acceptors (Lipinski definition) is 5. The first kappa shape index (κ1) is 26.8. The molecule has 0 aliphatic rings. The molecule has 2 amide bonds. The molecule has 0 aliphatic heterocycles. The molecular weight excluding hydrogens is 484 g/mol. The lowest BCUT2D eigenvalue weighted by Gasteiger charge is -2.13. The van der Waals surface area contributed by atoms with Crippen LogP contribution in [0.3, 0.4) is 0 Å². The molecule has 4 aromatic rings. The van der Waals surface area contributed by atoms with Gasteiger partial charge in [-0.3, -0.25) is 19.0 Å². The molecular formula is C28H34N6O4. The summed E-state index contributed by atoms with van der Waals surface area (Å²) in [4.78, 5) is 52.7. The molecule has 2 N–H and O–H groups in total. The molecule has 1 atom stereocenters. The summed E-state index contributed by atoms with van der Waals surface area (Å²) in [6, 6.07) is 12.0. The van der Waals surface area contributed by atoms with Gasteiger partial charge in [0.2, 0.25) is 11.7 Å². The summed E-state index contributed by atoms with van der Waals surface area (Å²) in [5.41, 5.74) is 1.27. The van der Waals surface area contributed by atoms with Crippen molar-refractivity contribution < 1.29 is 9.59 Å². The van der Waals surface area contributed by atoms with Crippen molar-refractivity contribution >= 4 is 34.2 Å². The van der Waals surface area contributed by atoms with E-state index in [1.54, 1.807) is 18.2 Å². The topological polar surface area (TPSA) is 120 Å². The zero-order valence-electron chi connectivity index (χ0n) is 22.4. The SMILES string of the molecule is CCC(C)NC(=O)c1ccc2c(=O)n(CCC(C)C)c3nn(CC(=O)Nc4ccccc4C)c(=O)n3c2c1. The number of anilines is 1. The molecule has 10 heteroatoms. The van der Waals surface area contributed by atoms with Gasteiger partial charge in [-0.1, -0.05) is 39.0 Å². The number of carbonyl (C=O) groups excluding carboxylic acids is 2. The molecule has 2 aromatic heterocycles. The maximum absolute atomic E-state index is 13.6. The smallest absolute Gasteiger partial charge is 0.350 e. The van der Waals surface area contributed by atoms with E-state index in [9.17, 15) is 19.2 Å². The van der Waals surface area contributed by atoms with Crippen LogP contribution in [0.15, 0.2) is 52.1 Å². The van der Waals surface area contributed by atoms with E-state index in [1.165, 1.54) is 15.0 Å². The Morgan fingerprint density at radius 3 is 2.47 bits per heavy atom. The third kappa shape index (κ3) is 5.39. The van der Waals surface area contributed by atoms with Crippen molar-refractivity contribution in [2.24, 2.45) is 5.92 Å². The van der Waals surface area contributed by atoms with Crippen LogP contribution in [0.5, 0.6) is 0 Å². The van der Waals surface area contributed by atoms with E-state index in [1.807, 2.05) is 52.8 Å². The molecule has 0 radical (unpaired) electrons. The second kappa shape index (κ2) is 11.0. The predicted octanol–water partition coefficient (Wildman–Crippen LogP) is 3.33. The molecule has 0 spiro atoms. The lowest BCUT2D eigenvalue weighted by atomic mass is 10.1. The second-order valence-corrected chi connectivity index (χ2v) is 10.1. The first-order valence-corrected chi connectivity index (χ1v) is 12.9. The van der Waals surface area contributed by atoms with Gasteiger partial charge in [-0.25, -0.2) is 13.9 Å². The lowest BCUT2D eigenvalue weighted by molar-refractivity contribution is -0.117. The molecule has 0 aliphatic carbocycles. The predicted molar refractivity (Wildman–Crippen MR) is 148 cm³/mol. The Labute approximate surface area is 220 Å². The highest BCUT2D eigenvalue weighted by Crippen LogP contribution is 2.16. The summed E-state index contributed by atoms with van der Waals surface area (Å²) in [6.07, 6.45) is 1.46. The minimum absolute atomic E-state index is 0.0283. The van der Waals surface area contributed by atoms with E-state index in [0.29, 0.717) is 35.5 Å². The fraction of sp³-hybridized carbons (Fsp3) is 0.393. The van der Waals surface area contributed by atoms with Crippen LogP contribution in [0.1, 0.15) is 56.5 Å². The number of nitrogens with one attached hydrogen (secondary N) is 2. The van der Waals surface area contributed by atoms with E-state index < -0.39 is 11.6 Å². The van der Waals surface area contributed by atoms with Crippen LogP contribution in [-0.4, -0.2) is 36.6 Å². The standard InChI is InChI=1S/C28H34N6O4/c1-6-19(5)29-25(36)20-11-12-21-23(15-20)34-27(32(26(21)37)14-13-17(2)3)31-33(28(34)38)16-24(35)30-22-10-8-7-9-18(22)4/h7-12,15,17,19H,6,13-14,16H2,1-5H3,(H,29,36)(H,30,35). The van der Waals surface area contributed by atoms with Gasteiger partial charge >= 0.3 is 5.69 Å². The maximum atomic E-state index is 13.6. The van der Waals surface area contributed by atoms with Crippen LogP contribution in [0, 0.1) is 12.8 Å². The number of para-hydroxylation sites is 1. The van der Waals surface area contributed by atoms with Crippen LogP contribution in [0.4, 0.5) is 5.69 Å². The largest absolute Gasteiger partial charge is 0.352 e. The number of carbonyl (C=O) groups is 2. The number of amides is 2. The molecule has 10 nitrogen and oxygen atoms in total. The zero-order chi connectivity index (χ0) is 27.6. The summed E-state index contributed by atoms with van der Waals surface area (Å²) in [6.45, 7) is 9.87. The Bertz CT molecular complexity index is 1630. The van der Waals surface area contributed by atoms with Crippen LogP contribution in [-0.2, 0) is 17.9 Å². The third-order valence-corrected chi connectivity index (χ3v) is 6.67. The van der Waals surface area contributed by atoms with Crippen molar-refractivity contribution in [3.05, 3.63) is 74.4 Å². The molecule has 2 heterocycles. The first-order chi connectivity index (χ1) is 18.1. The normalized spacial score (nSPS) is 12.3. The van der Waals surface area contributed by atoms with Gasteiger partial charge in [0.1, 0.15) is 6.54 Å². The molecule has 2 aromatic carbocycles. The Balaban J connectivity index is 1.84. The van der Waals surface area contributed by atoms with Crippen LogP contribution in [0.25, 0.3) is 16.7 Å². The van der Waals surface area contributed by atoms with E-state index in [2.05, 4.69) is 15.7 Å². The Hall–Kier alpha value is -4.21. The van der Waals surface area contributed by atoms with Gasteiger partial charge in [0.25, 0.3) is 11.5 Å². The average molecular weight is 519 g/mol. The van der Waals surface area contributed by atoms with Gasteiger partial charge in [-0.05, 0) is 62.4 Å². The van der Waals surface area contributed by atoms with Crippen molar-refractivity contribution in [2.45, 2.75) is 66.6 Å². The molecule has 1 unspecified atom stereocenters.